The van der Waals surface area contributed by atoms with Gasteiger partial charge in [-0.2, -0.15) is 0 Å². The van der Waals surface area contributed by atoms with E-state index in [0.29, 0.717) is 12.5 Å². The van der Waals surface area contributed by atoms with Crippen LogP contribution in [0.3, 0.4) is 0 Å². The molecule has 1 aliphatic heterocycles. The van der Waals surface area contributed by atoms with Gasteiger partial charge in [0, 0.05) is 24.7 Å². The molecule has 2 unspecified atom stereocenters. The number of hydrogen-bond donors (Lipinski definition) is 1. The Balaban J connectivity index is 2.04. The normalized spacial score (nSPS) is 19.2. The number of amides is 2. The number of benzene rings is 1. The third-order valence-electron chi connectivity index (χ3n) is 4.92. The van der Waals surface area contributed by atoms with Crippen molar-refractivity contribution in [1.29, 1.82) is 0 Å². The van der Waals surface area contributed by atoms with Crippen LogP contribution in [0.4, 0.5) is 0 Å². The van der Waals surface area contributed by atoms with Gasteiger partial charge in [-0.15, -0.1) is 0 Å². The number of nitrogens with zero attached hydrogens (tertiary/aromatic N) is 1. The Hall–Kier alpha value is -1.84. The molecule has 2 amide bonds. The molecule has 0 aliphatic carbocycles. The van der Waals surface area contributed by atoms with Crippen molar-refractivity contribution in [3.8, 4) is 0 Å². The molecule has 4 nitrogen and oxygen atoms in total. The van der Waals surface area contributed by atoms with Crippen LogP contribution in [0, 0.1) is 25.7 Å². The summed E-state index contributed by atoms with van der Waals surface area (Å²) in [6.07, 6.45) is 1.73. The lowest BCUT2D eigenvalue weighted by atomic mass is 9.95. The first-order chi connectivity index (χ1) is 11.3. The SMILES string of the molecule is Cc1cc(C)cc(C(=O)N2CCCC(C(=O)NC(C)C(C)C)C2)c1. The largest absolute Gasteiger partial charge is 0.353 e. The van der Waals surface area contributed by atoms with E-state index in [1.807, 2.05) is 37.8 Å². The Morgan fingerprint density at radius 3 is 2.33 bits per heavy atom. The molecule has 1 aromatic carbocycles. The molecule has 2 rings (SSSR count). The summed E-state index contributed by atoms with van der Waals surface area (Å²) in [5, 5.41) is 3.09. The number of hydrogen-bond acceptors (Lipinski definition) is 2. The highest BCUT2D eigenvalue weighted by Gasteiger charge is 2.29. The molecule has 24 heavy (non-hydrogen) atoms. The van der Waals surface area contributed by atoms with E-state index in [2.05, 4.69) is 25.2 Å². The average molecular weight is 330 g/mol. The van der Waals surface area contributed by atoms with Crippen LogP contribution < -0.4 is 5.32 Å². The van der Waals surface area contributed by atoms with Gasteiger partial charge in [0.15, 0.2) is 0 Å². The van der Waals surface area contributed by atoms with Crippen molar-refractivity contribution < 1.29 is 9.59 Å². The lowest BCUT2D eigenvalue weighted by Gasteiger charge is -2.33. The minimum Gasteiger partial charge on any atom is -0.353 e. The first-order valence-electron chi connectivity index (χ1n) is 8.96. The van der Waals surface area contributed by atoms with Crippen LogP contribution in [0.1, 0.15) is 55.1 Å². The zero-order valence-corrected chi connectivity index (χ0v) is 15.6. The fourth-order valence-electron chi connectivity index (χ4n) is 3.17. The van der Waals surface area contributed by atoms with Crippen LogP contribution in [0.15, 0.2) is 18.2 Å². The number of aryl methyl sites for hydroxylation is 2. The van der Waals surface area contributed by atoms with Gasteiger partial charge in [0.2, 0.25) is 5.91 Å². The van der Waals surface area contributed by atoms with Crippen LogP contribution in [0.5, 0.6) is 0 Å². The molecule has 2 atom stereocenters. The summed E-state index contributed by atoms with van der Waals surface area (Å²) >= 11 is 0. The topological polar surface area (TPSA) is 49.4 Å². The molecule has 0 aromatic heterocycles. The summed E-state index contributed by atoms with van der Waals surface area (Å²) in [6.45, 7) is 11.5. The summed E-state index contributed by atoms with van der Waals surface area (Å²) in [7, 11) is 0. The predicted molar refractivity (Wildman–Crippen MR) is 97.0 cm³/mol. The van der Waals surface area contributed by atoms with E-state index in [1.54, 1.807) is 0 Å². The monoisotopic (exact) mass is 330 g/mol. The van der Waals surface area contributed by atoms with E-state index < -0.39 is 0 Å². The maximum absolute atomic E-state index is 12.8. The maximum Gasteiger partial charge on any atom is 0.253 e. The molecular weight excluding hydrogens is 300 g/mol. The Kier molecular flexibility index (Phi) is 6.03. The second kappa shape index (κ2) is 7.82. The van der Waals surface area contributed by atoms with Gasteiger partial charge in [-0.05, 0) is 51.7 Å². The first kappa shape index (κ1) is 18.5. The molecule has 0 radical (unpaired) electrons. The molecule has 4 heteroatoms. The number of piperidine rings is 1. The molecule has 132 valence electrons. The summed E-state index contributed by atoms with van der Waals surface area (Å²) < 4.78 is 0. The molecule has 1 aromatic rings. The fraction of sp³-hybridized carbons (Fsp3) is 0.600. The molecule has 1 saturated heterocycles. The number of rotatable bonds is 4. The third-order valence-corrected chi connectivity index (χ3v) is 4.92. The summed E-state index contributed by atoms with van der Waals surface area (Å²) in [6, 6.07) is 6.08. The van der Waals surface area contributed by atoms with Gasteiger partial charge in [-0.25, -0.2) is 0 Å². The fourth-order valence-corrected chi connectivity index (χ4v) is 3.17. The Bertz CT molecular complexity index is 589. The number of likely N-dealkylation sites (tertiary alicyclic amines) is 1. The van der Waals surface area contributed by atoms with E-state index in [1.165, 1.54) is 0 Å². The Morgan fingerprint density at radius 1 is 1.12 bits per heavy atom. The highest BCUT2D eigenvalue weighted by molar-refractivity contribution is 5.95. The zero-order chi connectivity index (χ0) is 17.9. The zero-order valence-electron chi connectivity index (χ0n) is 15.6. The molecule has 1 fully saturated rings. The second-order valence-electron chi connectivity index (χ2n) is 7.51. The smallest absolute Gasteiger partial charge is 0.253 e. The minimum atomic E-state index is -0.102. The summed E-state index contributed by atoms with van der Waals surface area (Å²) in [5.41, 5.74) is 2.91. The van der Waals surface area contributed by atoms with Crippen molar-refractivity contribution >= 4 is 11.8 Å². The average Bonchev–Trinajstić information content (AvgIpc) is 2.53. The molecule has 1 heterocycles. The Morgan fingerprint density at radius 2 is 1.75 bits per heavy atom. The van der Waals surface area contributed by atoms with E-state index in [4.69, 9.17) is 0 Å². The van der Waals surface area contributed by atoms with E-state index in [-0.39, 0.29) is 23.8 Å². The van der Waals surface area contributed by atoms with Crippen LogP contribution in [0.2, 0.25) is 0 Å². The molecular formula is C20H30N2O2. The minimum absolute atomic E-state index is 0.0382. The number of nitrogens with one attached hydrogen (secondary N) is 1. The van der Waals surface area contributed by atoms with Gasteiger partial charge in [0.05, 0.1) is 5.92 Å². The quantitative estimate of drug-likeness (QED) is 0.921. The standard InChI is InChI=1S/C20H30N2O2/c1-13(2)16(5)21-19(23)17-7-6-8-22(12-17)20(24)18-10-14(3)9-15(4)11-18/h9-11,13,16-17H,6-8,12H2,1-5H3,(H,21,23). The first-order valence-corrected chi connectivity index (χ1v) is 8.96. The van der Waals surface area contributed by atoms with E-state index in [9.17, 15) is 9.59 Å². The lowest BCUT2D eigenvalue weighted by molar-refractivity contribution is -0.127. The summed E-state index contributed by atoms with van der Waals surface area (Å²) in [4.78, 5) is 27.1. The highest BCUT2D eigenvalue weighted by Crippen LogP contribution is 2.20. The van der Waals surface area contributed by atoms with Crippen LogP contribution in [0.25, 0.3) is 0 Å². The maximum atomic E-state index is 12.8. The molecule has 0 bridgehead atoms. The molecule has 1 aliphatic rings. The van der Waals surface area contributed by atoms with Gasteiger partial charge in [-0.3, -0.25) is 9.59 Å². The van der Waals surface area contributed by atoms with Crippen LogP contribution >= 0.6 is 0 Å². The van der Waals surface area contributed by atoms with Gasteiger partial charge in [0.25, 0.3) is 5.91 Å². The van der Waals surface area contributed by atoms with Gasteiger partial charge in [0.1, 0.15) is 0 Å². The highest BCUT2D eigenvalue weighted by atomic mass is 16.2. The van der Waals surface area contributed by atoms with Crippen molar-refractivity contribution in [2.45, 2.75) is 53.5 Å². The number of carbonyl (C=O) groups excluding carboxylic acids is 2. The third kappa shape index (κ3) is 4.59. The van der Waals surface area contributed by atoms with Crippen LogP contribution in [-0.2, 0) is 4.79 Å². The van der Waals surface area contributed by atoms with Crippen LogP contribution in [-0.4, -0.2) is 35.8 Å². The van der Waals surface area contributed by atoms with Gasteiger partial charge >= 0.3 is 0 Å². The summed E-state index contributed by atoms with van der Waals surface area (Å²) in [5.74, 6) is 0.422. The number of carbonyl (C=O) groups is 2. The molecule has 0 saturated carbocycles. The van der Waals surface area contributed by atoms with Gasteiger partial charge < -0.3 is 10.2 Å². The van der Waals surface area contributed by atoms with Gasteiger partial charge in [-0.1, -0.05) is 31.0 Å². The molecule has 0 spiro atoms. The predicted octanol–water partition coefficient (Wildman–Crippen LogP) is 3.32. The van der Waals surface area contributed by atoms with Crippen molar-refractivity contribution in [1.82, 2.24) is 10.2 Å². The second-order valence-corrected chi connectivity index (χ2v) is 7.51. The van der Waals surface area contributed by atoms with Crippen molar-refractivity contribution in [2.24, 2.45) is 11.8 Å². The van der Waals surface area contributed by atoms with Crippen molar-refractivity contribution in [2.75, 3.05) is 13.1 Å². The lowest BCUT2D eigenvalue weighted by Crippen LogP contribution is -2.48. The van der Waals surface area contributed by atoms with E-state index in [0.717, 1.165) is 36.1 Å². The van der Waals surface area contributed by atoms with E-state index >= 15 is 0 Å². The van der Waals surface area contributed by atoms with Crippen molar-refractivity contribution in [3.05, 3.63) is 34.9 Å². The van der Waals surface area contributed by atoms with Crippen molar-refractivity contribution in [3.63, 3.8) is 0 Å². The Labute approximate surface area is 145 Å². The molecule has 1 N–H and O–H groups in total.